The molecular weight excluding hydrogens is 364 g/mol. The number of H-pyrrole nitrogens is 1. The molecule has 0 radical (unpaired) electrons. The first kappa shape index (κ1) is 15.4. The van der Waals surface area contributed by atoms with Gasteiger partial charge >= 0.3 is 5.97 Å². The second-order valence-corrected chi connectivity index (χ2v) is 6.79. The Morgan fingerprint density at radius 3 is 2.67 bits per heavy atom. The van der Waals surface area contributed by atoms with Crippen LogP contribution in [0.5, 0.6) is 0 Å². The average molecular weight is 375 g/mol. The lowest BCUT2D eigenvalue weighted by Crippen LogP contribution is -2.18. The highest BCUT2D eigenvalue weighted by Crippen LogP contribution is 2.23. The molecule has 0 saturated carbocycles. The molecule has 112 valence electrons. The topological polar surface area (TPSA) is 125 Å². The summed E-state index contributed by atoms with van der Waals surface area (Å²) in [4.78, 5) is 14.6. The van der Waals surface area contributed by atoms with E-state index in [1.807, 2.05) is 0 Å². The second kappa shape index (κ2) is 5.45. The van der Waals surface area contributed by atoms with Gasteiger partial charge in [-0.05, 0) is 41.4 Å². The number of halogens is 1. The molecule has 0 atom stereocenters. The first-order chi connectivity index (χ1) is 9.72. The number of aromatic amines is 1. The number of nitrogens with one attached hydrogen (secondary N) is 2. The molecule has 0 aliphatic rings. The standard InChI is InChI=1S/C11H11BrN4O4S/c1-5-3-7(12)4-13-10(5)16-21(19,20)9-6(2)14-15-8(9)11(17)18/h3-4H,1-2H3,(H,13,16)(H,14,15)(H,17,18). The van der Waals surface area contributed by atoms with Gasteiger partial charge in [-0.3, -0.25) is 9.82 Å². The Labute approximate surface area is 128 Å². The number of carboxylic acids is 1. The number of sulfonamides is 1. The minimum absolute atomic E-state index is 0.120. The smallest absolute Gasteiger partial charge is 0.357 e. The highest BCUT2D eigenvalue weighted by Gasteiger charge is 2.28. The number of carboxylic acid groups (broad SMARTS) is 1. The van der Waals surface area contributed by atoms with E-state index in [0.29, 0.717) is 10.0 Å². The molecule has 2 aromatic heterocycles. The van der Waals surface area contributed by atoms with Gasteiger partial charge in [0.2, 0.25) is 0 Å². The number of aryl methyl sites for hydroxylation is 2. The van der Waals surface area contributed by atoms with E-state index >= 15 is 0 Å². The summed E-state index contributed by atoms with van der Waals surface area (Å²) in [6, 6.07) is 1.69. The Balaban J connectivity index is 2.48. The van der Waals surface area contributed by atoms with Crippen molar-refractivity contribution in [3.8, 4) is 0 Å². The van der Waals surface area contributed by atoms with Gasteiger partial charge in [-0.15, -0.1) is 0 Å². The first-order valence-electron chi connectivity index (χ1n) is 5.65. The Kier molecular flexibility index (Phi) is 4.01. The molecule has 10 heteroatoms. The fraction of sp³-hybridized carbons (Fsp3) is 0.182. The van der Waals surface area contributed by atoms with Gasteiger partial charge in [0, 0.05) is 10.7 Å². The van der Waals surface area contributed by atoms with E-state index in [9.17, 15) is 13.2 Å². The van der Waals surface area contributed by atoms with Gasteiger partial charge in [0.05, 0.1) is 5.69 Å². The van der Waals surface area contributed by atoms with Gasteiger partial charge in [-0.1, -0.05) is 0 Å². The summed E-state index contributed by atoms with van der Waals surface area (Å²) in [5, 5.41) is 14.8. The van der Waals surface area contributed by atoms with Gasteiger partial charge in [0.25, 0.3) is 10.0 Å². The average Bonchev–Trinajstić information content (AvgIpc) is 2.76. The third kappa shape index (κ3) is 3.05. The zero-order chi connectivity index (χ0) is 15.8. The normalized spacial score (nSPS) is 11.4. The zero-order valence-electron chi connectivity index (χ0n) is 11.0. The molecular formula is C11H11BrN4O4S. The molecule has 0 saturated heterocycles. The summed E-state index contributed by atoms with van der Waals surface area (Å²) in [6.45, 7) is 3.10. The minimum Gasteiger partial charge on any atom is -0.476 e. The number of hydrogen-bond donors (Lipinski definition) is 3. The van der Waals surface area contributed by atoms with Crippen LogP contribution in [0.1, 0.15) is 21.7 Å². The van der Waals surface area contributed by atoms with Crippen molar-refractivity contribution in [2.45, 2.75) is 18.7 Å². The van der Waals surface area contributed by atoms with Crippen molar-refractivity contribution in [3.63, 3.8) is 0 Å². The third-order valence-electron chi connectivity index (χ3n) is 2.64. The fourth-order valence-electron chi connectivity index (χ4n) is 1.72. The molecule has 0 aliphatic carbocycles. The summed E-state index contributed by atoms with van der Waals surface area (Å²) in [6.07, 6.45) is 1.44. The van der Waals surface area contributed by atoms with Crippen molar-refractivity contribution in [2.75, 3.05) is 4.72 Å². The Hall–Kier alpha value is -1.94. The molecule has 0 bridgehead atoms. The van der Waals surface area contributed by atoms with Crippen molar-refractivity contribution in [3.05, 3.63) is 33.7 Å². The van der Waals surface area contributed by atoms with E-state index in [-0.39, 0.29) is 11.5 Å². The molecule has 8 nitrogen and oxygen atoms in total. The van der Waals surface area contributed by atoms with Crippen LogP contribution in [0.15, 0.2) is 21.6 Å². The van der Waals surface area contributed by atoms with E-state index in [0.717, 1.165) is 0 Å². The van der Waals surface area contributed by atoms with Gasteiger partial charge in [0.15, 0.2) is 5.69 Å². The summed E-state index contributed by atoms with van der Waals surface area (Å²) in [5.41, 5.74) is 0.162. The first-order valence-corrected chi connectivity index (χ1v) is 7.93. The molecule has 2 aromatic rings. The van der Waals surface area contributed by atoms with E-state index in [4.69, 9.17) is 5.11 Å². The minimum atomic E-state index is -4.11. The van der Waals surface area contributed by atoms with E-state index < -0.39 is 26.6 Å². The third-order valence-corrected chi connectivity index (χ3v) is 4.57. The van der Waals surface area contributed by atoms with Crippen LogP contribution in [0.4, 0.5) is 5.82 Å². The van der Waals surface area contributed by atoms with E-state index in [1.54, 1.807) is 13.0 Å². The van der Waals surface area contributed by atoms with Crippen LogP contribution in [-0.4, -0.2) is 34.7 Å². The van der Waals surface area contributed by atoms with Gasteiger partial charge in [0.1, 0.15) is 10.7 Å². The highest BCUT2D eigenvalue weighted by molar-refractivity contribution is 9.10. The number of carbonyl (C=O) groups is 1. The van der Waals surface area contributed by atoms with Gasteiger partial charge < -0.3 is 5.11 Å². The number of nitrogens with zero attached hydrogens (tertiary/aromatic N) is 2. The van der Waals surface area contributed by atoms with Gasteiger partial charge in [-0.25, -0.2) is 18.2 Å². The Bertz CT molecular complexity index is 816. The summed E-state index contributed by atoms with van der Waals surface area (Å²) in [7, 11) is -4.11. The van der Waals surface area contributed by atoms with Crippen LogP contribution in [-0.2, 0) is 10.0 Å². The number of pyridine rings is 1. The molecule has 0 amide bonds. The lowest BCUT2D eigenvalue weighted by molar-refractivity contribution is 0.0686. The maximum Gasteiger partial charge on any atom is 0.357 e. The van der Waals surface area contributed by atoms with Crippen LogP contribution in [0.25, 0.3) is 0 Å². The number of aromatic carboxylic acids is 1. The number of hydrogen-bond acceptors (Lipinski definition) is 5. The number of rotatable bonds is 4. The summed E-state index contributed by atoms with van der Waals surface area (Å²) >= 11 is 3.22. The maximum atomic E-state index is 12.4. The molecule has 21 heavy (non-hydrogen) atoms. The van der Waals surface area contributed by atoms with Crippen molar-refractivity contribution < 1.29 is 18.3 Å². The fourth-order valence-corrected chi connectivity index (χ4v) is 3.57. The molecule has 0 unspecified atom stereocenters. The molecule has 0 aliphatic heterocycles. The van der Waals surface area contributed by atoms with Gasteiger partial charge in [-0.2, -0.15) is 5.10 Å². The molecule has 0 aromatic carbocycles. The molecule has 2 rings (SSSR count). The Morgan fingerprint density at radius 1 is 1.43 bits per heavy atom. The van der Waals surface area contributed by atoms with Crippen LogP contribution < -0.4 is 4.72 Å². The van der Waals surface area contributed by atoms with Crippen LogP contribution >= 0.6 is 15.9 Å². The SMILES string of the molecule is Cc1cc(Br)cnc1NS(=O)(=O)c1c(C(=O)O)n[nH]c1C. The molecule has 3 N–H and O–H groups in total. The Morgan fingerprint density at radius 2 is 2.10 bits per heavy atom. The summed E-state index contributed by atoms with van der Waals surface area (Å²) < 4.78 is 27.7. The summed E-state index contributed by atoms with van der Waals surface area (Å²) in [5.74, 6) is -1.31. The largest absolute Gasteiger partial charge is 0.476 e. The quantitative estimate of drug-likeness (QED) is 0.747. The predicted molar refractivity (Wildman–Crippen MR) is 77.8 cm³/mol. The number of anilines is 1. The van der Waals surface area contributed by atoms with Crippen LogP contribution in [0.3, 0.4) is 0 Å². The maximum absolute atomic E-state index is 12.4. The molecule has 2 heterocycles. The van der Waals surface area contributed by atoms with Crippen molar-refractivity contribution >= 4 is 37.7 Å². The van der Waals surface area contributed by atoms with E-state index in [1.165, 1.54) is 13.1 Å². The van der Waals surface area contributed by atoms with E-state index in [2.05, 4.69) is 35.8 Å². The predicted octanol–water partition coefficient (Wildman–Crippen LogP) is 1.68. The lowest BCUT2D eigenvalue weighted by Gasteiger charge is -2.09. The lowest BCUT2D eigenvalue weighted by atomic mass is 10.3. The van der Waals surface area contributed by atoms with Crippen molar-refractivity contribution in [2.24, 2.45) is 0 Å². The van der Waals surface area contributed by atoms with Crippen molar-refractivity contribution in [1.29, 1.82) is 0 Å². The number of aromatic nitrogens is 3. The molecule has 0 fully saturated rings. The second-order valence-electron chi connectivity index (χ2n) is 4.26. The van der Waals surface area contributed by atoms with Crippen LogP contribution in [0, 0.1) is 13.8 Å². The zero-order valence-corrected chi connectivity index (χ0v) is 13.4. The van der Waals surface area contributed by atoms with Crippen LogP contribution in [0.2, 0.25) is 0 Å². The van der Waals surface area contributed by atoms with Crippen molar-refractivity contribution in [1.82, 2.24) is 15.2 Å². The highest BCUT2D eigenvalue weighted by atomic mass is 79.9. The monoisotopic (exact) mass is 374 g/mol. The molecule has 0 spiro atoms.